The average molecular weight is 266 g/mol. The molecule has 98 valence electrons. The summed E-state index contributed by atoms with van der Waals surface area (Å²) in [7, 11) is 1.15. The van der Waals surface area contributed by atoms with Crippen LogP contribution in [-0.2, 0) is 4.74 Å². The largest absolute Gasteiger partial charge is 0.465 e. The van der Waals surface area contributed by atoms with E-state index in [1.807, 2.05) is 0 Å². The van der Waals surface area contributed by atoms with Gasteiger partial charge in [-0.3, -0.25) is 4.79 Å². The molecule has 0 aliphatic heterocycles. The molecule has 0 radical (unpaired) electrons. The second kappa shape index (κ2) is 4.97. The van der Waals surface area contributed by atoms with E-state index in [0.717, 1.165) is 30.1 Å². The Morgan fingerprint density at radius 1 is 1.32 bits per heavy atom. The summed E-state index contributed by atoms with van der Waals surface area (Å²) in [6, 6.07) is 2.67. The number of benzene rings is 1. The van der Waals surface area contributed by atoms with Gasteiger partial charge in [0.05, 0.1) is 19.0 Å². The lowest BCUT2D eigenvalue weighted by atomic mass is 10.2. The SMILES string of the molecule is COC(=O)c1cnn(-c2cc(F)cc(F)c2)c1C=O. The molecule has 0 atom stereocenters. The molecule has 2 rings (SSSR count). The molecule has 0 saturated carbocycles. The molecule has 0 saturated heterocycles. The van der Waals surface area contributed by atoms with Gasteiger partial charge >= 0.3 is 5.97 Å². The Balaban J connectivity index is 2.59. The van der Waals surface area contributed by atoms with Gasteiger partial charge in [0.1, 0.15) is 22.9 Å². The molecule has 0 N–H and O–H groups in total. The molecule has 1 aromatic carbocycles. The fourth-order valence-corrected chi connectivity index (χ4v) is 1.61. The molecular formula is C12H8F2N2O3. The molecule has 0 amide bonds. The van der Waals surface area contributed by atoms with E-state index in [2.05, 4.69) is 9.84 Å². The lowest BCUT2D eigenvalue weighted by molar-refractivity contribution is 0.0598. The summed E-state index contributed by atoms with van der Waals surface area (Å²) in [5, 5.41) is 3.76. The predicted octanol–water partition coefficient (Wildman–Crippen LogP) is 1.75. The molecule has 0 fully saturated rings. The molecular weight excluding hydrogens is 258 g/mol. The van der Waals surface area contributed by atoms with Crippen molar-refractivity contribution in [3.63, 3.8) is 0 Å². The van der Waals surface area contributed by atoms with Gasteiger partial charge in [-0.15, -0.1) is 0 Å². The monoisotopic (exact) mass is 266 g/mol. The maximum Gasteiger partial charge on any atom is 0.341 e. The first-order valence-electron chi connectivity index (χ1n) is 5.14. The number of carbonyl (C=O) groups excluding carboxylic acids is 2. The van der Waals surface area contributed by atoms with Crippen molar-refractivity contribution in [2.45, 2.75) is 0 Å². The van der Waals surface area contributed by atoms with Gasteiger partial charge in [-0.25, -0.2) is 18.3 Å². The third-order valence-electron chi connectivity index (χ3n) is 2.42. The molecule has 0 bridgehead atoms. The smallest absolute Gasteiger partial charge is 0.341 e. The number of aldehydes is 1. The van der Waals surface area contributed by atoms with Crippen LogP contribution in [0.1, 0.15) is 20.8 Å². The van der Waals surface area contributed by atoms with Crippen LogP contribution in [0.4, 0.5) is 8.78 Å². The van der Waals surface area contributed by atoms with Crippen LogP contribution in [0.25, 0.3) is 5.69 Å². The van der Waals surface area contributed by atoms with E-state index in [9.17, 15) is 18.4 Å². The number of ether oxygens (including phenoxy) is 1. The topological polar surface area (TPSA) is 61.2 Å². The van der Waals surface area contributed by atoms with Crippen LogP contribution in [0.3, 0.4) is 0 Å². The van der Waals surface area contributed by atoms with Gasteiger partial charge in [-0.2, -0.15) is 5.10 Å². The molecule has 0 spiro atoms. The summed E-state index contributed by atoms with van der Waals surface area (Å²) < 4.78 is 31.7. The second-order valence-electron chi connectivity index (χ2n) is 3.59. The number of aromatic nitrogens is 2. The molecule has 7 heteroatoms. The van der Waals surface area contributed by atoms with Crippen molar-refractivity contribution in [3.8, 4) is 5.69 Å². The summed E-state index contributed by atoms with van der Waals surface area (Å²) in [4.78, 5) is 22.4. The first-order chi connectivity index (χ1) is 9.06. The molecule has 1 aromatic heterocycles. The minimum Gasteiger partial charge on any atom is -0.465 e. The van der Waals surface area contributed by atoms with Crippen LogP contribution in [0, 0.1) is 11.6 Å². The zero-order valence-electron chi connectivity index (χ0n) is 9.76. The van der Waals surface area contributed by atoms with Gasteiger partial charge in [0.2, 0.25) is 0 Å². The number of hydrogen-bond acceptors (Lipinski definition) is 4. The first kappa shape index (κ1) is 12.9. The lowest BCUT2D eigenvalue weighted by Crippen LogP contribution is -2.07. The van der Waals surface area contributed by atoms with E-state index >= 15 is 0 Å². The zero-order valence-corrected chi connectivity index (χ0v) is 9.76. The number of rotatable bonds is 3. The summed E-state index contributed by atoms with van der Waals surface area (Å²) in [5.41, 5.74) is -0.228. The van der Waals surface area contributed by atoms with E-state index in [1.54, 1.807) is 0 Å². The van der Waals surface area contributed by atoms with E-state index in [4.69, 9.17) is 0 Å². The van der Waals surface area contributed by atoms with Crippen molar-refractivity contribution in [2.75, 3.05) is 7.11 Å². The number of carbonyl (C=O) groups is 2. The highest BCUT2D eigenvalue weighted by Gasteiger charge is 2.19. The third-order valence-corrected chi connectivity index (χ3v) is 2.42. The Morgan fingerprint density at radius 2 is 1.95 bits per heavy atom. The maximum absolute atomic E-state index is 13.1. The minimum absolute atomic E-state index is 0.00486. The number of nitrogens with zero attached hydrogens (tertiary/aromatic N) is 2. The van der Waals surface area contributed by atoms with Gasteiger partial charge in [-0.05, 0) is 12.1 Å². The van der Waals surface area contributed by atoms with Gasteiger partial charge in [0, 0.05) is 6.07 Å². The zero-order chi connectivity index (χ0) is 14.0. The van der Waals surface area contributed by atoms with Gasteiger partial charge in [0.25, 0.3) is 0 Å². The number of halogens is 2. The van der Waals surface area contributed by atoms with Crippen LogP contribution in [-0.4, -0.2) is 29.1 Å². The molecule has 0 aliphatic carbocycles. The Kier molecular flexibility index (Phi) is 3.37. The highest BCUT2D eigenvalue weighted by atomic mass is 19.1. The van der Waals surface area contributed by atoms with Crippen LogP contribution >= 0.6 is 0 Å². The van der Waals surface area contributed by atoms with Crippen molar-refractivity contribution in [2.24, 2.45) is 0 Å². The van der Waals surface area contributed by atoms with E-state index in [1.165, 1.54) is 0 Å². The Morgan fingerprint density at radius 3 is 2.47 bits per heavy atom. The summed E-state index contributed by atoms with van der Waals surface area (Å²) in [6.45, 7) is 0. The first-order valence-corrected chi connectivity index (χ1v) is 5.14. The number of methoxy groups -OCH3 is 1. The molecule has 5 nitrogen and oxygen atoms in total. The van der Waals surface area contributed by atoms with Crippen LogP contribution in [0.15, 0.2) is 24.4 Å². The molecule has 0 aliphatic rings. The Labute approximate surface area is 106 Å². The number of esters is 1. The molecule has 19 heavy (non-hydrogen) atoms. The molecule has 1 heterocycles. The van der Waals surface area contributed by atoms with Crippen molar-refractivity contribution in [1.82, 2.24) is 9.78 Å². The average Bonchev–Trinajstić information content (AvgIpc) is 2.80. The van der Waals surface area contributed by atoms with Crippen molar-refractivity contribution in [3.05, 3.63) is 47.3 Å². The van der Waals surface area contributed by atoms with Gasteiger partial charge in [0.15, 0.2) is 6.29 Å². The minimum atomic E-state index is -0.818. The molecule has 0 unspecified atom stereocenters. The Hall–Kier alpha value is -2.57. The maximum atomic E-state index is 13.1. The second-order valence-corrected chi connectivity index (χ2v) is 3.59. The Bertz CT molecular complexity index is 632. The standard InChI is InChI=1S/C12H8F2N2O3/c1-19-12(18)10-5-15-16(11(10)6-17)9-3-7(13)2-8(14)4-9/h2-6H,1H3. The summed E-state index contributed by atoms with van der Waals surface area (Å²) >= 11 is 0. The van der Waals surface area contributed by atoms with Crippen LogP contribution < -0.4 is 0 Å². The van der Waals surface area contributed by atoms with Crippen molar-refractivity contribution >= 4 is 12.3 Å². The van der Waals surface area contributed by atoms with Crippen LogP contribution in [0.5, 0.6) is 0 Å². The molecule has 2 aromatic rings. The van der Waals surface area contributed by atoms with Crippen molar-refractivity contribution in [1.29, 1.82) is 0 Å². The lowest BCUT2D eigenvalue weighted by Gasteiger charge is -2.04. The van der Waals surface area contributed by atoms with Gasteiger partial charge in [-0.1, -0.05) is 0 Å². The van der Waals surface area contributed by atoms with Gasteiger partial charge < -0.3 is 4.74 Å². The fraction of sp³-hybridized carbons (Fsp3) is 0.0833. The van der Waals surface area contributed by atoms with E-state index < -0.39 is 17.6 Å². The highest BCUT2D eigenvalue weighted by Crippen LogP contribution is 2.16. The quantitative estimate of drug-likeness (QED) is 0.627. The normalized spacial score (nSPS) is 10.3. The van der Waals surface area contributed by atoms with E-state index in [0.29, 0.717) is 12.4 Å². The number of hydrogen-bond donors (Lipinski definition) is 0. The summed E-state index contributed by atoms with van der Waals surface area (Å²) in [6.07, 6.45) is 1.46. The van der Waals surface area contributed by atoms with Crippen molar-refractivity contribution < 1.29 is 23.1 Å². The van der Waals surface area contributed by atoms with Crippen LogP contribution in [0.2, 0.25) is 0 Å². The fourth-order valence-electron chi connectivity index (χ4n) is 1.61. The third kappa shape index (κ3) is 2.35. The summed E-state index contributed by atoms with van der Waals surface area (Å²) in [5.74, 6) is -2.39. The highest BCUT2D eigenvalue weighted by molar-refractivity contribution is 5.97. The van der Waals surface area contributed by atoms with E-state index in [-0.39, 0.29) is 16.9 Å². The predicted molar refractivity (Wildman–Crippen MR) is 60.2 cm³/mol.